The van der Waals surface area contributed by atoms with Gasteiger partial charge in [0.15, 0.2) is 0 Å². The van der Waals surface area contributed by atoms with Crippen LogP contribution in [0.25, 0.3) is 33.3 Å². The number of allylic oxidation sites excluding steroid dienone is 1. The SMILES string of the molecule is O=c1cc(-c2cc(Cl)ccc2-n2cnnn2)cc2n1C(C1=NC(Cl)=C(c3ccc4[nH]ccc4c3F)C1)C1CC21. The zero-order valence-electron chi connectivity index (χ0n) is 20.1. The van der Waals surface area contributed by atoms with Crippen molar-refractivity contribution in [3.8, 4) is 16.8 Å². The lowest BCUT2D eigenvalue weighted by molar-refractivity contribution is 0.583. The van der Waals surface area contributed by atoms with Crippen molar-refractivity contribution in [1.82, 2.24) is 29.8 Å². The lowest BCUT2D eigenvalue weighted by Crippen LogP contribution is -2.29. The summed E-state index contributed by atoms with van der Waals surface area (Å²) in [5, 5.41) is 12.8. The Morgan fingerprint density at radius 3 is 2.79 bits per heavy atom. The number of hydrogen-bond acceptors (Lipinski definition) is 5. The van der Waals surface area contributed by atoms with Gasteiger partial charge in [-0.1, -0.05) is 23.2 Å². The van der Waals surface area contributed by atoms with Crippen molar-refractivity contribution in [3.05, 3.63) is 98.7 Å². The fourth-order valence-corrected chi connectivity index (χ4v) is 6.68. The maximum Gasteiger partial charge on any atom is 0.251 e. The fourth-order valence-electron chi connectivity index (χ4n) is 6.24. The van der Waals surface area contributed by atoms with E-state index >= 15 is 4.39 Å². The molecule has 11 heteroatoms. The Labute approximate surface area is 230 Å². The lowest BCUT2D eigenvalue weighted by Gasteiger charge is -2.20. The highest BCUT2D eigenvalue weighted by Crippen LogP contribution is 2.60. The Kier molecular flexibility index (Phi) is 4.81. The van der Waals surface area contributed by atoms with E-state index in [-0.39, 0.29) is 34.4 Å². The molecule has 0 amide bonds. The first-order chi connectivity index (χ1) is 19.0. The molecular weight excluding hydrogens is 540 g/mol. The fraction of sp³-hybridized carbons (Fsp3) is 0.179. The summed E-state index contributed by atoms with van der Waals surface area (Å²) in [5.41, 5.74) is 5.66. The van der Waals surface area contributed by atoms with Gasteiger partial charge in [-0.15, -0.1) is 5.10 Å². The van der Waals surface area contributed by atoms with Crippen molar-refractivity contribution in [2.75, 3.05) is 0 Å². The van der Waals surface area contributed by atoms with Crippen molar-refractivity contribution in [2.24, 2.45) is 10.9 Å². The molecule has 39 heavy (non-hydrogen) atoms. The molecule has 5 heterocycles. The number of hydrogen-bond donors (Lipinski definition) is 1. The van der Waals surface area contributed by atoms with Crippen molar-refractivity contribution in [3.63, 3.8) is 0 Å². The molecule has 8 rings (SSSR count). The first-order valence-electron chi connectivity index (χ1n) is 12.5. The Hall–Kier alpha value is -4.08. The highest BCUT2D eigenvalue weighted by Gasteiger charge is 2.55. The zero-order chi connectivity index (χ0) is 26.4. The number of benzene rings is 2. The van der Waals surface area contributed by atoms with Gasteiger partial charge in [-0.2, -0.15) is 4.68 Å². The van der Waals surface area contributed by atoms with Crippen LogP contribution in [0.3, 0.4) is 0 Å². The number of rotatable bonds is 4. The molecule has 3 atom stereocenters. The molecule has 0 spiro atoms. The van der Waals surface area contributed by atoms with E-state index in [1.54, 1.807) is 35.1 Å². The number of fused-ring (bicyclic) bond motifs is 4. The average molecular weight is 558 g/mol. The van der Waals surface area contributed by atoms with Crippen LogP contribution < -0.4 is 5.56 Å². The van der Waals surface area contributed by atoms with E-state index < -0.39 is 0 Å². The van der Waals surface area contributed by atoms with Gasteiger partial charge in [0.05, 0.1) is 11.7 Å². The van der Waals surface area contributed by atoms with Crippen LogP contribution in [0, 0.1) is 11.7 Å². The molecule has 2 aromatic carbocycles. The second-order valence-electron chi connectivity index (χ2n) is 10.2. The predicted molar refractivity (Wildman–Crippen MR) is 147 cm³/mol. The number of aliphatic imine (C=N–C) groups is 1. The number of H-pyrrole nitrogens is 1. The van der Waals surface area contributed by atoms with Gasteiger partial charge in [0.2, 0.25) is 0 Å². The maximum atomic E-state index is 15.3. The number of tetrazole rings is 1. The molecule has 0 bridgehead atoms. The summed E-state index contributed by atoms with van der Waals surface area (Å²) in [6.07, 6.45) is 4.56. The van der Waals surface area contributed by atoms with Crippen molar-refractivity contribution < 1.29 is 4.39 Å². The number of halogens is 3. The zero-order valence-corrected chi connectivity index (χ0v) is 21.7. The third-order valence-corrected chi connectivity index (χ3v) is 8.60. The summed E-state index contributed by atoms with van der Waals surface area (Å²) >= 11 is 12.9. The Morgan fingerprint density at radius 2 is 1.95 bits per heavy atom. The molecule has 1 saturated carbocycles. The molecule has 3 aromatic heterocycles. The molecule has 2 aliphatic heterocycles. The molecule has 1 N–H and O–H groups in total. The lowest BCUT2D eigenvalue weighted by atomic mass is 9.96. The molecule has 3 unspecified atom stereocenters. The van der Waals surface area contributed by atoms with E-state index in [0.29, 0.717) is 28.0 Å². The summed E-state index contributed by atoms with van der Waals surface area (Å²) in [6.45, 7) is 0. The van der Waals surface area contributed by atoms with E-state index in [4.69, 9.17) is 23.2 Å². The standard InChI is InChI=1S/C28H18Cl2FN7O/c29-14-1-4-23(37-12-33-35-36-37)17(9-14)13-7-24-18-10-19(18)27(38(24)25(39)8-13)22-11-20(28(30)34-22)15-2-3-21-16(26(15)31)5-6-32-21/h1-9,12,18-19,27,32H,10-11H2. The largest absolute Gasteiger partial charge is 0.361 e. The minimum Gasteiger partial charge on any atom is -0.361 e. The highest BCUT2D eigenvalue weighted by molar-refractivity contribution is 6.35. The van der Waals surface area contributed by atoms with E-state index in [2.05, 4.69) is 31.6 Å². The molecule has 192 valence electrons. The highest BCUT2D eigenvalue weighted by atomic mass is 35.5. The van der Waals surface area contributed by atoms with Gasteiger partial charge in [0, 0.05) is 68.6 Å². The van der Waals surface area contributed by atoms with E-state index in [1.807, 2.05) is 22.8 Å². The summed E-state index contributed by atoms with van der Waals surface area (Å²) < 4.78 is 18.7. The Bertz CT molecular complexity index is 1960. The van der Waals surface area contributed by atoms with Crippen LogP contribution in [0.5, 0.6) is 0 Å². The van der Waals surface area contributed by atoms with E-state index in [9.17, 15) is 4.79 Å². The van der Waals surface area contributed by atoms with Gasteiger partial charge < -0.3 is 9.55 Å². The third-order valence-electron chi connectivity index (χ3n) is 8.05. The van der Waals surface area contributed by atoms with Gasteiger partial charge in [0.1, 0.15) is 17.3 Å². The summed E-state index contributed by atoms with van der Waals surface area (Å²) in [4.78, 5) is 21.3. The number of nitrogens with one attached hydrogen (secondary N) is 1. The average Bonchev–Trinajstić information content (AvgIpc) is 3.37. The van der Waals surface area contributed by atoms with Gasteiger partial charge in [-0.05, 0) is 70.8 Å². The van der Waals surface area contributed by atoms with Gasteiger partial charge >= 0.3 is 0 Å². The normalized spacial score (nSPS) is 21.4. The topological polar surface area (TPSA) is 93.8 Å². The summed E-state index contributed by atoms with van der Waals surface area (Å²) in [5.74, 6) is 0.179. The quantitative estimate of drug-likeness (QED) is 0.279. The van der Waals surface area contributed by atoms with Crippen LogP contribution in [0.1, 0.15) is 36.1 Å². The molecular formula is C28H18Cl2FN7O. The van der Waals surface area contributed by atoms with Gasteiger partial charge in [-0.3, -0.25) is 4.79 Å². The first kappa shape index (κ1) is 22.9. The van der Waals surface area contributed by atoms with Gasteiger partial charge in [0.25, 0.3) is 5.56 Å². The van der Waals surface area contributed by atoms with E-state index in [1.165, 1.54) is 6.33 Å². The van der Waals surface area contributed by atoms with Crippen LogP contribution in [0.2, 0.25) is 5.02 Å². The van der Waals surface area contributed by atoms with Crippen LogP contribution in [-0.4, -0.2) is 35.5 Å². The summed E-state index contributed by atoms with van der Waals surface area (Å²) in [7, 11) is 0. The minimum atomic E-state index is -0.323. The van der Waals surface area contributed by atoms with Crippen molar-refractivity contribution in [2.45, 2.75) is 24.8 Å². The Morgan fingerprint density at radius 1 is 1.05 bits per heavy atom. The van der Waals surface area contributed by atoms with Crippen LogP contribution in [-0.2, 0) is 0 Å². The molecule has 0 saturated heterocycles. The number of aromatic nitrogens is 6. The number of nitrogens with zero attached hydrogens (tertiary/aromatic N) is 6. The predicted octanol–water partition coefficient (Wildman–Crippen LogP) is 5.88. The molecule has 1 fully saturated rings. The smallest absolute Gasteiger partial charge is 0.251 e. The monoisotopic (exact) mass is 557 g/mol. The summed E-state index contributed by atoms with van der Waals surface area (Å²) in [6, 6.07) is 14.1. The molecule has 5 aromatic rings. The van der Waals surface area contributed by atoms with Crippen LogP contribution in [0.15, 0.2) is 76.0 Å². The molecule has 0 radical (unpaired) electrons. The third kappa shape index (κ3) is 3.39. The molecule has 8 nitrogen and oxygen atoms in total. The number of pyridine rings is 1. The van der Waals surface area contributed by atoms with Gasteiger partial charge in [-0.25, -0.2) is 9.38 Å². The minimum absolute atomic E-state index is 0.130. The van der Waals surface area contributed by atoms with Crippen LogP contribution >= 0.6 is 23.2 Å². The molecule has 3 aliphatic rings. The second-order valence-corrected chi connectivity index (χ2v) is 11.0. The molecule has 1 aliphatic carbocycles. The Balaban J connectivity index is 1.17. The van der Waals surface area contributed by atoms with Crippen LogP contribution in [0.4, 0.5) is 4.39 Å². The van der Waals surface area contributed by atoms with Crippen molar-refractivity contribution in [1.29, 1.82) is 0 Å². The second kappa shape index (κ2) is 8.21. The van der Waals surface area contributed by atoms with E-state index in [0.717, 1.165) is 40.2 Å². The first-order valence-corrected chi connectivity index (χ1v) is 13.3. The number of aromatic amines is 1. The maximum absolute atomic E-state index is 15.3. The van der Waals surface area contributed by atoms with Crippen molar-refractivity contribution >= 4 is 45.4 Å².